The number of benzene rings is 4. The molecule has 4 heteroatoms. The first-order chi connectivity index (χ1) is 22.7. The van der Waals surface area contributed by atoms with E-state index in [2.05, 4.69) is 130 Å². The molecule has 1 saturated heterocycles. The van der Waals surface area contributed by atoms with Crippen molar-refractivity contribution in [2.45, 2.75) is 44.4 Å². The van der Waals surface area contributed by atoms with Crippen LogP contribution in [0, 0.1) is 5.92 Å². The second-order valence-corrected chi connectivity index (χ2v) is 13.1. The Kier molecular flexibility index (Phi) is 11.4. The van der Waals surface area contributed by atoms with Crippen molar-refractivity contribution in [3.05, 3.63) is 144 Å². The molecule has 0 aromatic heterocycles. The largest absolute Gasteiger partial charge is 0.369 e. The number of anilines is 1. The van der Waals surface area contributed by atoms with Crippen LogP contribution >= 0.6 is 0 Å². The normalized spacial score (nSPS) is 16.2. The molecule has 6 rings (SSSR count). The Balaban J connectivity index is 1.07. The fraction of sp³-hybridized carbons (Fsp3) is 0.357. The topological polar surface area (TPSA) is 26.8 Å². The smallest absolute Gasteiger partial charge is 0.254 e. The van der Waals surface area contributed by atoms with Crippen LogP contribution in [0.2, 0.25) is 0 Å². The van der Waals surface area contributed by atoms with E-state index in [-0.39, 0.29) is 5.91 Å². The Hall–Kier alpha value is -4.15. The standard InChI is InChI=1S/C42H49N3O/c46-42(45(34-36-17-7-2-8-18-36)27-14-19-35-15-5-1-6-16-35)39-24-13-25-40(33-39)44-31-29-43(30-32-44)28-26-41(37-20-9-3-10-21-37)38-22-11-4-12-23-38/h1,3-6,9-16,19-25,33,36,41H,2,7-8,17-18,26-32,34H2/b19-14+. The molecule has 0 bridgehead atoms. The first-order valence-electron chi connectivity index (χ1n) is 17.4. The second-order valence-electron chi connectivity index (χ2n) is 13.1. The summed E-state index contributed by atoms with van der Waals surface area (Å²) < 4.78 is 0. The first kappa shape index (κ1) is 31.8. The zero-order valence-electron chi connectivity index (χ0n) is 27.2. The molecule has 4 nitrogen and oxygen atoms in total. The van der Waals surface area contributed by atoms with Crippen molar-refractivity contribution in [1.29, 1.82) is 0 Å². The molecule has 1 aliphatic carbocycles. The molecule has 0 spiro atoms. The number of nitrogens with zero attached hydrogens (tertiary/aromatic N) is 3. The molecule has 0 radical (unpaired) electrons. The lowest BCUT2D eigenvalue weighted by Crippen LogP contribution is -2.47. The van der Waals surface area contributed by atoms with E-state index in [1.165, 1.54) is 48.8 Å². The Morgan fingerprint density at radius 2 is 1.37 bits per heavy atom. The van der Waals surface area contributed by atoms with Crippen molar-refractivity contribution in [2.75, 3.05) is 50.7 Å². The molecule has 4 aromatic carbocycles. The molecule has 0 unspecified atom stereocenters. The third-order valence-electron chi connectivity index (χ3n) is 9.89. The van der Waals surface area contributed by atoms with Gasteiger partial charge in [0.1, 0.15) is 0 Å². The summed E-state index contributed by atoms with van der Waals surface area (Å²) in [7, 11) is 0. The Morgan fingerprint density at radius 1 is 0.739 bits per heavy atom. The van der Waals surface area contributed by atoms with Crippen LogP contribution in [-0.4, -0.2) is 61.5 Å². The van der Waals surface area contributed by atoms with Gasteiger partial charge in [-0.15, -0.1) is 0 Å². The van der Waals surface area contributed by atoms with E-state index in [4.69, 9.17) is 0 Å². The maximum Gasteiger partial charge on any atom is 0.254 e. The van der Waals surface area contributed by atoms with Crippen LogP contribution in [0.3, 0.4) is 0 Å². The fourth-order valence-corrected chi connectivity index (χ4v) is 7.26. The molecule has 1 heterocycles. The zero-order chi connectivity index (χ0) is 31.4. The number of carbonyl (C=O) groups is 1. The molecular weight excluding hydrogens is 562 g/mol. The molecule has 2 aliphatic rings. The summed E-state index contributed by atoms with van der Waals surface area (Å²) in [6.07, 6.45) is 11.8. The summed E-state index contributed by atoms with van der Waals surface area (Å²) in [5.41, 5.74) is 5.92. The molecule has 4 aromatic rings. The molecule has 2 fully saturated rings. The summed E-state index contributed by atoms with van der Waals surface area (Å²) >= 11 is 0. The Morgan fingerprint density at radius 3 is 2.02 bits per heavy atom. The minimum Gasteiger partial charge on any atom is -0.369 e. The molecule has 1 aliphatic heterocycles. The van der Waals surface area contributed by atoms with Gasteiger partial charge < -0.3 is 9.80 Å². The van der Waals surface area contributed by atoms with Crippen molar-refractivity contribution in [3.63, 3.8) is 0 Å². The lowest BCUT2D eigenvalue weighted by molar-refractivity contribution is 0.0735. The second kappa shape index (κ2) is 16.4. The summed E-state index contributed by atoms with van der Waals surface area (Å²) in [6.45, 7) is 6.58. The first-order valence-corrected chi connectivity index (χ1v) is 17.4. The number of hydrogen-bond donors (Lipinski definition) is 0. The van der Waals surface area contributed by atoms with Crippen LogP contribution in [-0.2, 0) is 0 Å². The lowest BCUT2D eigenvalue weighted by atomic mass is 9.88. The van der Waals surface area contributed by atoms with Crippen LogP contribution in [0.15, 0.2) is 121 Å². The summed E-state index contributed by atoms with van der Waals surface area (Å²) in [5, 5.41) is 0. The quantitative estimate of drug-likeness (QED) is 0.160. The van der Waals surface area contributed by atoms with Gasteiger partial charge in [0.25, 0.3) is 5.91 Å². The average Bonchev–Trinajstić information content (AvgIpc) is 3.13. The Labute approximate surface area is 276 Å². The fourth-order valence-electron chi connectivity index (χ4n) is 7.26. The van der Waals surface area contributed by atoms with Crippen molar-refractivity contribution >= 4 is 17.7 Å². The highest BCUT2D eigenvalue weighted by Crippen LogP contribution is 2.29. The van der Waals surface area contributed by atoms with Crippen LogP contribution in [0.25, 0.3) is 6.08 Å². The number of rotatable bonds is 12. The SMILES string of the molecule is O=C(c1cccc(N2CCN(CCC(c3ccccc3)c3ccccc3)CC2)c1)N(C/C=C/c1ccccc1)CC1CCCCC1. The van der Waals surface area contributed by atoms with Gasteiger partial charge >= 0.3 is 0 Å². The minimum absolute atomic E-state index is 0.150. The van der Waals surface area contributed by atoms with E-state index in [9.17, 15) is 4.79 Å². The highest BCUT2D eigenvalue weighted by molar-refractivity contribution is 5.95. The molecule has 1 saturated carbocycles. The van der Waals surface area contributed by atoms with E-state index in [1.807, 2.05) is 12.1 Å². The van der Waals surface area contributed by atoms with E-state index in [0.717, 1.165) is 56.9 Å². The third-order valence-corrected chi connectivity index (χ3v) is 9.89. The van der Waals surface area contributed by atoms with Gasteiger partial charge in [0.15, 0.2) is 0 Å². The van der Waals surface area contributed by atoms with Crippen LogP contribution in [0.5, 0.6) is 0 Å². The number of piperazine rings is 1. The average molecular weight is 612 g/mol. The van der Waals surface area contributed by atoms with Crippen molar-refractivity contribution in [2.24, 2.45) is 5.92 Å². The van der Waals surface area contributed by atoms with E-state index < -0.39 is 0 Å². The predicted molar refractivity (Wildman–Crippen MR) is 192 cm³/mol. The van der Waals surface area contributed by atoms with E-state index in [0.29, 0.717) is 18.4 Å². The van der Waals surface area contributed by atoms with Crippen LogP contribution < -0.4 is 4.90 Å². The summed E-state index contributed by atoms with van der Waals surface area (Å²) in [6, 6.07) is 40.6. The number of carbonyl (C=O) groups excluding carboxylic acids is 1. The predicted octanol–water partition coefficient (Wildman–Crippen LogP) is 8.77. The van der Waals surface area contributed by atoms with Gasteiger partial charge in [-0.1, -0.05) is 128 Å². The molecule has 1 amide bonds. The Bertz CT molecular complexity index is 1470. The van der Waals surface area contributed by atoms with Gasteiger partial charge in [0.05, 0.1) is 0 Å². The molecule has 238 valence electrons. The number of amides is 1. The van der Waals surface area contributed by atoms with E-state index >= 15 is 0 Å². The third kappa shape index (κ3) is 8.76. The summed E-state index contributed by atoms with van der Waals surface area (Å²) in [4.78, 5) is 21.1. The molecule has 0 atom stereocenters. The zero-order valence-corrected chi connectivity index (χ0v) is 27.2. The maximum absolute atomic E-state index is 14.0. The molecule has 0 N–H and O–H groups in total. The molecular formula is C42H49N3O. The van der Waals surface area contributed by atoms with Crippen molar-refractivity contribution in [1.82, 2.24) is 9.80 Å². The van der Waals surface area contributed by atoms with Gasteiger partial charge in [-0.25, -0.2) is 0 Å². The highest BCUT2D eigenvalue weighted by atomic mass is 16.2. The highest BCUT2D eigenvalue weighted by Gasteiger charge is 2.24. The van der Waals surface area contributed by atoms with Crippen LogP contribution in [0.4, 0.5) is 5.69 Å². The van der Waals surface area contributed by atoms with Gasteiger partial charge in [-0.3, -0.25) is 9.69 Å². The van der Waals surface area contributed by atoms with Crippen LogP contribution in [0.1, 0.15) is 71.5 Å². The minimum atomic E-state index is 0.150. The van der Waals surface area contributed by atoms with Gasteiger partial charge in [0.2, 0.25) is 0 Å². The molecule has 46 heavy (non-hydrogen) atoms. The van der Waals surface area contributed by atoms with Crippen molar-refractivity contribution < 1.29 is 4.79 Å². The van der Waals surface area contributed by atoms with E-state index in [1.54, 1.807) is 0 Å². The van der Waals surface area contributed by atoms with Gasteiger partial charge in [-0.05, 0) is 66.6 Å². The summed E-state index contributed by atoms with van der Waals surface area (Å²) in [5.74, 6) is 1.15. The monoisotopic (exact) mass is 611 g/mol. The number of hydrogen-bond acceptors (Lipinski definition) is 3. The maximum atomic E-state index is 14.0. The van der Waals surface area contributed by atoms with Gasteiger partial charge in [-0.2, -0.15) is 0 Å². The lowest BCUT2D eigenvalue weighted by Gasteiger charge is -2.37. The van der Waals surface area contributed by atoms with Crippen molar-refractivity contribution in [3.8, 4) is 0 Å². The van der Waals surface area contributed by atoms with Gasteiger partial charge in [0, 0.05) is 56.4 Å².